The quantitative estimate of drug-likeness (QED) is 0.681. The molecule has 1 aromatic carbocycles. The van der Waals surface area contributed by atoms with E-state index in [9.17, 15) is 4.79 Å². The minimum atomic E-state index is -0.442. The Morgan fingerprint density at radius 1 is 1.12 bits per heavy atom. The Labute approximate surface area is 144 Å². The number of rotatable bonds is 8. The van der Waals surface area contributed by atoms with Crippen molar-refractivity contribution in [2.45, 2.75) is 51.9 Å². The van der Waals surface area contributed by atoms with Crippen LogP contribution in [-0.2, 0) is 20.8 Å². The molecule has 1 saturated heterocycles. The van der Waals surface area contributed by atoms with Gasteiger partial charge >= 0.3 is 6.09 Å². The van der Waals surface area contributed by atoms with Gasteiger partial charge in [-0.15, -0.1) is 0 Å². The number of hydrogen-bond donors (Lipinski definition) is 0. The van der Waals surface area contributed by atoms with Crippen LogP contribution in [0.1, 0.15) is 39.2 Å². The van der Waals surface area contributed by atoms with Gasteiger partial charge in [0.1, 0.15) is 5.60 Å². The molecule has 5 heteroatoms. The lowest BCUT2D eigenvalue weighted by atomic mass is 10.1. The fourth-order valence-corrected chi connectivity index (χ4v) is 2.34. The number of ether oxygens (including phenoxy) is 3. The first kappa shape index (κ1) is 18.7. The fraction of sp³-hybridized carbons (Fsp3) is 0.632. The number of carbonyl (C=O) groups is 1. The van der Waals surface area contributed by atoms with Crippen molar-refractivity contribution < 1.29 is 19.0 Å². The summed E-state index contributed by atoms with van der Waals surface area (Å²) in [4.78, 5) is 13.5. The van der Waals surface area contributed by atoms with Crippen LogP contribution in [0.15, 0.2) is 30.3 Å². The minimum absolute atomic E-state index is 0.141. The van der Waals surface area contributed by atoms with Gasteiger partial charge in [0.2, 0.25) is 0 Å². The van der Waals surface area contributed by atoms with Crippen LogP contribution in [0.2, 0.25) is 0 Å². The van der Waals surface area contributed by atoms with Gasteiger partial charge in [-0.3, -0.25) is 0 Å². The smallest absolute Gasteiger partial charge is 0.410 e. The summed E-state index contributed by atoms with van der Waals surface area (Å²) < 4.78 is 16.7. The molecule has 1 amide bonds. The van der Waals surface area contributed by atoms with Crippen LogP contribution < -0.4 is 0 Å². The highest BCUT2D eigenvalue weighted by Gasteiger charge is 2.34. The van der Waals surface area contributed by atoms with Gasteiger partial charge in [0.25, 0.3) is 0 Å². The molecular formula is C19H29NO4. The van der Waals surface area contributed by atoms with Crippen molar-refractivity contribution in [3.8, 4) is 0 Å². The third-order valence-electron chi connectivity index (χ3n) is 3.65. The molecule has 5 nitrogen and oxygen atoms in total. The summed E-state index contributed by atoms with van der Waals surface area (Å²) in [5, 5.41) is 0. The van der Waals surface area contributed by atoms with Crippen LogP contribution >= 0.6 is 0 Å². The summed E-state index contributed by atoms with van der Waals surface area (Å²) in [6, 6.07) is 10.2. The van der Waals surface area contributed by atoms with Gasteiger partial charge in [0, 0.05) is 13.2 Å². The molecule has 1 aliphatic rings. The fourth-order valence-electron chi connectivity index (χ4n) is 2.34. The van der Waals surface area contributed by atoms with E-state index in [1.807, 2.05) is 39.0 Å². The first-order valence-electron chi connectivity index (χ1n) is 8.65. The molecule has 0 N–H and O–H groups in total. The van der Waals surface area contributed by atoms with E-state index in [1.165, 1.54) is 5.56 Å². The molecule has 1 aromatic rings. The molecule has 24 heavy (non-hydrogen) atoms. The van der Waals surface area contributed by atoms with Crippen molar-refractivity contribution in [2.24, 2.45) is 0 Å². The third-order valence-corrected chi connectivity index (χ3v) is 3.65. The lowest BCUT2D eigenvalue weighted by Crippen LogP contribution is -2.55. The van der Waals surface area contributed by atoms with E-state index in [4.69, 9.17) is 14.2 Å². The largest absolute Gasteiger partial charge is 0.444 e. The minimum Gasteiger partial charge on any atom is -0.444 e. The van der Waals surface area contributed by atoms with Gasteiger partial charge in [0.15, 0.2) is 0 Å². The Bertz CT molecular complexity index is 492. The summed E-state index contributed by atoms with van der Waals surface area (Å²) in [7, 11) is 0. The molecule has 1 aliphatic heterocycles. The molecule has 1 heterocycles. The standard InChI is InChI=1S/C19H29NO4/c1-19(2,3)24-18(21)20-13-17(14-20)23-12-8-7-11-22-15-16-9-5-4-6-10-16/h4-6,9-10,17H,7-8,11-15H2,1-3H3. The molecule has 0 aliphatic carbocycles. The Balaban J connectivity index is 1.43. The first-order chi connectivity index (χ1) is 11.4. The molecule has 0 unspecified atom stereocenters. The maximum atomic E-state index is 11.8. The number of hydrogen-bond acceptors (Lipinski definition) is 4. The van der Waals surface area contributed by atoms with Crippen LogP contribution in [0.3, 0.4) is 0 Å². The van der Waals surface area contributed by atoms with Crippen molar-refractivity contribution in [1.82, 2.24) is 4.90 Å². The molecule has 0 saturated carbocycles. The van der Waals surface area contributed by atoms with E-state index in [1.54, 1.807) is 4.90 Å². The highest BCUT2D eigenvalue weighted by molar-refractivity contribution is 5.69. The summed E-state index contributed by atoms with van der Waals surface area (Å²) in [6.45, 7) is 8.98. The number of likely N-dealkylation sites (tertiary alicyclic amines) is 1. The normalized spacial score (nSPS) is 15.2. The second-order valence-corrected chi connectivity index (χ2v) is 7.12. The highest BCUT2D eigenvalue weighted by atomic mass is 16.6. The Morgan fingerprint density at radius 3 is 2.46 bits per heavy atom. The molecule has 134 valence electrons. The molecule has 0 spiro atoms. The maximum absolute atomic E-state index is 11.8. The van der Waals surface area contributed by atoms with Gasteiger partial charge in [-0.05, 0) is 39.2 Å². The zero-order valence-corrected chi connectivity index (χ0v) is 15.0. The maximum Gasteiger partial charge on any atom is 0.410 e. The molecule has 0 aromatic heterocycles. The molecule has 0 atom stereocenters. The summed E-state index contributed by atoms with van der Waals surface area (Å²) >= 11 is 0. The van der Waals surface area contributed by atoms with Crippen LogP contribution in [0.4, 0.5) is 4.79 Å². The van der Waals surface area contributed by atoms with Crippen molar-refractivity contribution >= 4 is 6.09 Å². The predicted molar refractivity (Wildman–Crippen MR) is 92.9 cm³/mol. The summed E-state index contributed by atoms with van der Waals surface area (Å²) in [6.07, 6.45) is 1.84. The van der Waals surface area contributed by atoms with Crippen molar-refractivity contribution in [1.29, 1.82) is 0 Å². The van der Waals surface area contributed by atoms with E-state index < -0.39 is 5.60 Å². The topological polar surface area (TPSA) is 48.0 Å². The SMILES string of the molecule is CC(C)(C)OC(=O)N1CC(OCCCCOCc2ccccc2)C1. The van der Waals surface area contributed by atoms with E-state index in [2.05, 4.69) is 12.1 Å². The van der Waals surface area contributed by atoms with Crippen LogP contribution in [0.25, 0.3) is 0 Å². The number of carbonyl (C=O) groups excluding carboxylic acids is 1. The van der Waals surface area contributed by atoms with E-state index in [0.717, 1.165) is 19.4 Å². The molecule has 0 radical (unpaired) electrons. The van der Waals surface area contributed by atoms with Crippen molar-refractivity contribution in [2.75, 3.05) is 26.3 Å². The Morgan fingerprint density at radius 2 is 1.79 bits per heavy atom. The number of unbranched alkanes of at least 4 members (excludes halogenated alkanes) is 1. The second kappa shape index (κ2) is 9.04. The molecular weight excluding hydrogens is 306 g/mol. The average Bonchev–Trinajstić information content (AvgIpc) is 2.47. The van der Waals surface area contributed by atoms with Gasteiger partial charge in [0.05, 0.1) is 25.8 Å². The molecule has 1 fully saturated rings. The lowest BCUT2D eigenvalue weighted by Gasteiger charge is -2.39. The summed E-state index contributed by atoms with van der Waals surface area (Å²) in [5.41, 5.74) is 0.758. The first-order valence-corrected chi connectivity index (χ1v) is 8.65. The Hall–Kier alpha value is -1.59. The van der Waals surface area contributed by atoms with Gasteiger partial charge < -0.3 is 19.1 Å². The van der Waals surface area contributed by atoms with Crippen molar-refractivity contribution in [3.63, 3.8) is 0 Å². The average molecular weight is 335 g/mol. The number of benzene rings is 1. The zero-order valence-electron chi connectivity index (χ0n) is 15.0. The van der Waals surface area contributed by atoms with Crippen LogP contribution in [0, 0.1) is 0 Å². The van der Waals surface area contributed by atoms with E-state index >= 15 is 0 Å². The third kappa shape index (κ3) is 6.89. The lowest BCUT2D eigenvalue weighted by molar-refractivity contribution is -0.0644. The van der Waals surface area contributed by atoms with Crippen molar-refractivity contribution in [3.05, 3.63) is 35.9 Å². The molecule has 0 bridgehead atoms. The summed E-state index contributed by atoms with van der Waals surface area (Å²) in [5.74, 6) is 0. The van der Waals surface area contributed by atoms with Gasteiger partial charge in [-0.2, -0.15) is 0 Å². The molecule has 2 rings (SSSR count). The van der Waals surface area contributed by atoms with Gasteiger partial charge in [-0.1, -0.05) is 30.3 Å². The van der Waals surface area contributed by atoms with Gasteiger partial charge in [-0.25, -0.2) is 4.79 Å². The monoisotopic (exact) mass is 335 g/mol. The number of amides is 1. The Kier molecular flexibility index (Phi) is 7.06. The van der Waals surface area contributed by atoms with E-state index in [0.29, 0.717) is 26.3 Å². The predicted octanol–water partition coefficient (Wildman–Crippen LogP) is 3.62. The zero-order chi connectivity index (χ0) is 17.4. The van der Waals surface area contributed by atoms with Crippen LogP contribution in [0.5, 0.6) is 0 Å². The highest BCUT2D eigenvalue weighted by Crippen LogP contribution is 2.17. The number of nitrogens with zero attached hydrogens (tertiary/aromatic N) is 1. The van der Waals surface area contributed by atoms with Crippen LogP contribution in [-0.4, -0.2) is 49.0 Å². The van der Waals surface area contributed by atoms with E-state index in [-0.39, 0.29) is 12.2 Å². The second-order valence-electron chi connectivity index (χ2n) is 7.12.